The number of carbonyl (C=O) groups excluding carboxylic acids is 1. The van der Waals surface area contributed by atoms with Crippen LogP contribution in [-0.2, 0) is 18.0 Å². The molecule has 10 nitrogen and oxygen atoms in total. The topological polar surface area (TPSA) is 123 Å². The fraction of sp³-hybridized carbons (Fsp3) is 0.190. The molecule has 0 radical (unpaired) electrons. The highest BCUT2D eigenvalue weighted by molar-refractivity contribution is 5.77. The molecule has 35 heavy (non-hydrogen) atoms. The SMILES string of the molecule is CC(=O)COc1ccccc1Oc1cc(-n2c(=O)cc(C(F)(F)F)n(C)c2=O)c(F)cc1[N+](=O)[O-]. The summed E-state index contributed by atoms with van der Waals surface area (Å²) in [6.45, 7) is 0.900. The third-order valence-corrected chi connectivity index (χ3v) is 4.58. The molecule has 0 aliphatic carbocycles. The number of nitro groups is 1. The molecular weight excluding hydrogens is 482 g/mol. The number of rotatable bonds is 7. The van der Waals surface area contributed by atoms with Crippen molar-refractivity contribution in [1.29, 1.82) is 0 Å². The van der Waals surface area contributed by atoms with Gasteiger partial charge in [0, 0.05) is 19.2 Å². The van der Waals surface area contributed by atoms with E-state index in [4.69, 9.17) is 9.47 Å². The Hall–Kier alpha value is -4.49. The predicted molar refractivity (Wildman–Crippen MR) is 112 cm³/mol. The van der Waals surface area contributed by atoms with Crippen LogP contribution in [0.3, 0.4) is 0 Å². The molecule has 2 aromatic carbocycles. The molecule has 3 aromatic rings. The number of hydrogen-bond donors (Lipinski definition) is 0. The van der Waals surface area contributed by atoms with Gasteiger partial charge in [0.1, 0.15) is 12.3 Å². The molecule has 1 heterocycles. The van der Waals surface area contributed by atoms with Crippen LogP contribution in [0.5, 0.6) is 17.2 Å². The number of nitrogens with zero attached hydrogens (tertiary/aromatic N) is 3. The van der Waals surface area contributed by atoms with Gasteiger partial charge in [0.25, 0.3) is 5.56 Å². The first kappa shape index (κ1) is 25.1. The quantitative estimate of drug-likeness (QED) is 0.279. The fourth-order valence-electron chi connectivity index (χ4n) is 3.00. The van der Waals surface area contributed by atoms with E-state index in [-0.39, 0.29) is 39.1 Å². The van der Waals surface area contributed by atoms with Crippen molar-refractivity contribution < 1.29 is 36.8 Å². The third kappa shape index (κ3) is 5.20. The third-order valence-electron chi connectivity index (χ3n) is 4.58. The Morgan fingerprint density at radius 2 is 1.71 bits per heavy atom. The first-order valence-corrected chi connectivity index (χ1v) is 9.59. The van der Waals surface area contributed by atoms with Crippen LogP contribution in [-0.4, -0.2) is 26.4 Å². The van der Waals surface area contributed by atoms with E-state index in [0.717, 1.165) is 7.05 Å². The molecule has 0 fully saturated rings. The van der Waals surface area contributed by atoms with E-state index in [9.17, 15) is 42.1 Å². The molecule has 0 saturated carbocycles. The second kappa shape index (κ2) is 9.40. The molecule has 14 heteroatoms. The van der Waals surface area contributed by atoms with Crippen molar-refractivity contribution in [2.45, 2.75) is 13.1 Å². The van der Waals surface area contributed by atoms with E-state index in [1.54, 1.807) is 0 Å². The number of hydrogen-bond acceptors (Lipinski definition) is 7. The Morgan fingerprint density at radius 1 is 1.09 bits per heavy atom. The number of Topliss-reactive ketones (excluding diaryl/α,β-unsaturated/α-hetero) is 1. The van der Waals surface area contributed by atoms with Crippen molar-refractivity contribution in [1.82, 2.24) is 9.13 Å². The Balaban J connectivity index is 2.20. The average molecular weight is 497 g/mol. The zero-order valence-corrected chi connectivity index (χ0v) is 18.0. The summed E-state index contributed by atoms with van der Waals surface area (Å²) in [4.78, 5) is 46.6. The molecule has 1 aromatic heterocycles. The van der Waals surface area contributed by atoms with Gasteiger partial charge in [-0.05, 0) is 19.1 Å². The minimum Gasteiger partial charge on any atom is -0.482 e. The Bertz CT molecular complexity index is 1440. The summed E-state index contributed by atoms with van der Waals surface area (Å²) < 4.78 is 65.1. The molecule has 0 aliphatic heterocycles. The number of ether oxygens (including phenoxy) is 2. The molecular formula is C21H15F4N3O7. The van der Waals surface area contributed by atoms with E-state index in [1.165, 1.54) is 31.2 Å². The molecule has 0 amide bonds. The highest BCUT2D eigenvalue weighted by Crippen LogP contribution is 2.38. The first-order valence-electron chi connectivity index (χ1n) is 9.59. The number of para-hydroxylation sites is 2. The summed E-state index contributed by atoms with van der Waals surface area (Å²) in [5.74, 6) is -2.58. The van der Waals surface area contributed by atoms with E-state index in [1.807, 2.05) is 0 Å². The lowest BCUT2D eigenvalue weighted by atomic mass is 10.2. The summed E-state index contributed by atoms with van der Waals surface area (Å²) in [6.07, 6.45) is -5.04. The lowest BCUT2D eigenvalue weighted by molar-refractivity contribution is -0.385. The molecule has 0 aliphatic rings. The lowest BCUT2D eigenvalue weighted by Gasteiger charge is -2.15. The number of halogens is 4. The molecule has 0 N–H and O–H groups in total. The van der Waals surface area contributed by atoms with Crippen LogP contribution in [0, 0.1) is 15.9 Å². The molecule has 184 valence electrons. The number of ketones is 1. The van der Waals surface area contributed by atoms with Gasteiger partial charge >= 0.3 is 17.6 Å². The summed E-state index contributed by atoms with van der Waals surface area (Å²) >= 11 is 0. The number of aromatic nitrogens is 2. The van der Waals surface area contributed by atoms with Gasteiger partial charge in [-0.2, -0.15) is 13.2 Å². The van der Waals surface area contributed by atoms with Gasteiger partial charge in [-0.15, -0.1) is 0 Å². The predicted octanol–water partition coefficient (Wildman–Crippen LogP) is 3.36. The van der Waals surface area contributed by atoms with Gasteiger partial charge in [-0.3, -0.25) is 24.3 Å². The van der Waals surface area contributed by atoms with Crippen LogP contribution in [0.2, 0.25) is 0 Å². The highest BCUT2D eigenvalue weighted by Gasteiger charge is 2.35. The summed E-state index contributed by atoms with van der Waals surface area (Å²) in [7, 11) is 0.727. The number of nitro benzene ring substituents is 1. The van der Waals surface area contributed by atoms with Crippen molar-refractivity contribution in [3.05, 3.63) is 84.9 Å². The number of alkyl halides is 3. The largest absolute Gasteiger partial charge is 0.482 e. The number of carbonyl (C=O) groups is 1. The summed E-state index contributed by atoms with van der Waals surface area (Å²) in [5, 5.41) is 11.5. The van der Waals surface area contributed by atoms with E-state index in [2.05, 4.69) is 0 Å². The lowest BCUT2D eigenvalue weighted by Crippen LogP contribution is -2.41. The van der Waals surface area contributed by atoms with Crippen molar-refractivity contribution in [2.24, 2.45) is 7.05 Å². The van der Waals surface area contributed by atoms with Crippen LogP contribution >= 0.6 is 0 Å². The Labute approximate surface area is 192 Å². The van der Waals surface area contributed by atoms with Gasteiger partial charge < -0.3 is 9.47 Å². The van der Waals surface area contributed by atoms with Crippen molar-refractivity contribution in [3.63, 3.8) is 0 Å². The van der Waals surface area contributed by atoms with Crippen LogP contribution in [0.25, 0.3) is 5.69 Å². The normalized spacial score (nSPS) is 11.3. The molecule has 0 unspecified atom stereocenters. The zero-order chi connectivity index (χ0) is 26.1. The van der Waals surface area contributed by atoms with Crippen LogP contribution in [0.4, 0.5) is 23.2 Å². The summed E-state index contributed by atoms with van der Waals surface area (Å²) in [5.41, 5.74) is -6.44. The molecule has 0 atom stereocenters. The van der Waals surface area contributed by atoms with Crippen LogP contribution < -0.4 is 20.7 Å². The Kier molecular flexibility index (Phi) is 6.75. The van der Waals surface area contributed by atoms with Crippen molar-refractivity contribution in [2.75, 3.05) is 6.61 Å². The molecule has 0 spiro atoms. The van der Waals surface area contributed by atoms with E-state index >= 15 is 0 Å². The van der Waals surface area contributed by atoms with Gasteiger partial charge in [0.05, 0.1) is 16.7 Å². The van der Waals surface area contributed by atoms with Gasteiger partial charge in [-0.1, -0.05) is 12.1 Å². The maximum Gasteiger partial charge on any atom is 0.431 e. The fourth-order valence-corrected chi connectivity index (χ4v) is 3.00. The number of benzene rings is 2. The highest BCUT2D eigenvalue weighted by atomic mass is 19.4. The average Bonchev–Trinajstić information content (AvgIpc) is 2.76. The zero-order valence-electron chi connectivity index (χ0n) is 18.0. The maximum atomic E-state index is 14.8. The minimum absolute atomic E-state index is 0.00881. The monoisotopic (exact) mass is 497 g/mol. The van der Waals surface area contributed by atoms with Gasteiger partial charge in [0.2, 0.25) is 5.75 Å². The maximum absolute atomic E-state index is 14.8. The van der Waals surface area contributed by atoms with E-state index < -0.39 is 51.0 Å². The molecule has 0 saturated heterocycles. The molecule has 3 rings (SSSR count). The van der Waals surface area contributed by atoms with Crippen molar-refractivity contribution in [3.8, 4) is 22.9 Å². The molecule has 0 bridgehead atoms. The smallest absolute Gasteiger partial charge is 0.431 e. The van der Waals surface area contributed by atoms with Crippen LogP contribution in [0.1, 0.15) is 12.6 Å². The second-order valence-corrected chi connectivity index (χ2v) is 7.11. The first-order chi connectivity index (χ1) is 16.3. The van der Waals surface area contributed by atoms with Crippen molar-refractivity contribution >= 4 is 11.5 Å². The van der Waals surface area contributed by atoms with E-state index in [0.29, 0.717) is 12.1 Å². The summed E-state index contributed by atoms with van der Waals surface area (Å²) in [6, 6.07) is 6.74. The van der Waals surface area contributed by atoms with Crippen LogP contribution in [0.15, 0.2) is 52.1 Å². The van der Waals surface area contributed by atoms with Gasteiger partial charge in [0.15, 0.2) is 23.1 Å². The second-order valence-electron chi connectivity index (χ2n) is 7.11. The standard InChI is InChI=1S/C21H15F4N3O7/c1-11(29)10-34-15-5-3-4-6-16(15)35-17-8-13(12(22)7-14(17)28(32)33)27-19(30)9-18(21(23,24)25)26(2)20(27)31/h3-9H,10H2,1-2H3. The minimum atomic E-state index is -5.04. The Morgan fingerprint density at radius 3 is 2.29 bits per heavy atom. The van der Waals surface area contributed by atoms with Gasteiger partial charge in [-0.25, -0.2) is 13.8 Å².